The van der Waals surface area contributed by atoms with Crippen LogP contribution in [0.4, 0.5) is 0 Å². The molecule has 1 aromatic carbocycles. The van der Waals surface area contributed by atoms with Gasteiger partial charge in [0, 0.05) is 37.5 Å². The Morgan fingerprint density at radius 1 is 1.29 bits per heavy atom. The van der Waals surface area contributed by atoms with Gasteiger partial charge in [0.2, 0.25) is 0 Å². The van der Waals surface area contributed by atoms with Gasteiger partial charge in [0.25, 0.3) is 0 Å². The van der Waals surface area contributed by atoms with Crippen molar-refractivity contribution < 1.29 is 8.42 Å². The van der Waals surface area contributed by atoms with Gasteiger partial charge in [0.05, 0.1) is 5.75 Å². The maximum absolute atomic E-state index is 11.4. The first-order chi connectivity index (χ1) is 9.76. The molecule has 1 unspecified atom stereocenters. The van der Waals surface area contributed by atoms with Crippen LogP contribution < -0.4 is 5.32 Å². The summed E-state index contributed by atoms with van der Waals surface area (Å²) in [5.41, 5.74) is 1.32. The van der Waals surface area contributed by atoms with E-state index >= 15 is 0 Å². The number of sulfone groups is 1. The monoisotopic (exact) mass is 310 g/mol. The second-order valence-electron chi connectivity index (χ2n) is 6.66. The predicted molar refractivity (Wildman–Crippen MR) is 87.3 cm³/mol. The molecule has 1 aliphatic heterocycles. The van der Waals surface area contributed by atoms with Gasteiger partial charge in [-0.15, -0.1) is 0 Å². The molecule has 1 aromatic rings. The van der Waals surface area contributed by atoms with E-state index in [1.807, 2.05) is 6.07 Å². The molecule has 1 atom stereocenters. The van der Waals surface area contributed by atoms with Crippen LogP contribution in [-0.2, 0) is 16.3 Å². The molecular formula is C16H26N2O2S. The third kappa shape index (κ3) is 5.09. The van der Waals surface area contributed by atoms with Crippen LogP contribution in [0.25, 0.3) is 0 Å². The smallest absolute Gasteiger partial charge is 0.148 e. The highest BCUT2D eigenvalue weighted by Crippen LogP contribution is 2.20. The van der Waals surface area contributed by atoms with Crippen LogP contribution >= 0.6 is 0 Å². The van der Waals surface area contributed by atoms with E-state index in [9.17, 15) is 8.42 Å². The first kappa shape index (κ1) is 16.5. The van der Waals surface area contributed by atoms with E-state index in [-0.39, 0.29) is 11.3 Å². The van der Waals surface area contributed by atoms with Crippen LogP contribution in [0.2, 0.25) is 0 Å². The molecule has 1 aliphatic rings. The highest BCUT2D eigenvalue weighted by atomic mass is 32.2. The summed E-state index contributed by atoms with van der Waals surface area (Å²) in [5.74, 6) is 0.231. The van der Waals surface area contributed by atoms with Gasteiger partial charge in [-0.05, 0) is 25.8 Å². The minimum atomic E-state index is -2.91. The fourth-order valence-corrected chi connectivity index (χ4v) is 3.34. The zero-order valence-electron chi connectivity index (χ0n) is 13.2. The second-order valence-corrected chi connectivity index (χ2v) is 8.92. The lowest BCUT2D eigenvalue weighted by Crippen LogP contribution is -2.63. The third-order valence-electron chi connectivity index (χ3n) is 4.18. The van der Waals surface area contributed by atoms with Gasteiger partial charge >= 0.3 is 0 Å². The van der Waals surface area contributed by atoms with Crippen molar-refractivity contribution in [2.45, 2.75) is 31.8 Å². The van der Waals surface area contributed by atoms with Gasteiger partial charge in [-0.3, -0.25) is 4.90 Å². The topological polar surface area (TPSA) is 49.4 Å². The maximum atomic E-state index is 11.4. The number of hydrogen-bond donors (Lipinski definition) is 1. The fourth-order valence-electron chi connectivity index (χ4n) is 2.79. The molecule has 0 radical (unpaired) electrons. The average Bonchev–Trinajstić information content (AvgIpc) is 2.39. The van der Waals surface area contributed by atoms with E-state index in [1.54, 1.807) is 0 Å². The van der Waals surface area contributed by atoms with Gasteiger partial charge in [-0.1, -0.05) is 30.3 Å². The molecule has 0 aromatic heterocycles. The summed E-state index contributed by atoms with van der Waals surface area (Å²) in [4.78, 5) is 2.30. The molecule has 118 valence electrons. The van der Waals surface area contributed by atoms with Crippen molar-refractivity contribution in [1.82, 2.24) is 10.2 Å². The molecule has 0 amide bonds. The molecule has 1 heterocycles. The molecule has 0 saturated carbocycles. The van der Waals surface area contributed by atoms with Gasteiger partial charge in [-0.2, -0.15) is 0 Å². The van der Waals surface area contributed by atoms with Crippen molar-refractivity contribution in [3.05, 3.63) is 35.9 Å². The number of hydrogen-bond acceptors (Lipinski definition) is 4. The van der Waals surface area contributed by atoms with Crippen molar-refractivity contribution in [3.63, 3.8) is 0 Å². The number of nitrogens with one attached hydrogen (secondary N) is 1. The van der Waals surface area contributed by atoms with Crippen LogP contribution in [0.5, 0.6) is 0 Å². The molecular weight excluding hydrogens is 284 g/mol. The lowest BCUT2D eigenvalue weighted by Gasteiger charge is -2.46. The number of benzene rings is 1. The molecule has 2 rings (SSSR count). The molecule has 0 spiro atoms. The normalized spacial score (nSPS) is 23.1. The first-order valence-electron chi connectivity index (χ1n) is 7.46. The number of rotatable bonds is 5. The molecule has 1 N–H and O–H groups in total. The summed E-state index contributed by atoms with van der Waals surface area (Å²) in [6.45, 7) is 6.71. The Balaban J connectivity index is 1.98. The van der Waals surface area contributed by atoms with Gasteiger partial charge in [-0.25, -0.2) is 8.42 Å². The Labute approximate surface area is 128 Å². The zero-order valence-corrected chi connectivity index (χ0v) is 14.0. The average molecular weight is 310 g/mol. The number of nitrogens with zero attached hydrogens (tertiary/aromatic N) is 1. The quantitative estimate of drug-likeness (QED) is 0.891. The summed E-state index contributed by atoms with van der Waals surface area (Å²) < 4.78 is 22.8. The molecule has 0 aliphatic carbocycles. The van der Waals surface area contributed by atoms with Crippen LogP contribution in [0.15, 0.2) is 30.3 Å². The Morgan fingerprint density at radius 2 is 1.95 bits per heavy atom. The van der Waals surface area contributed by atoms with Crippen molar-refractivity contribution in [2.24, 2.45) is 0 Å². The molecule has 0 bridgehead atoms. The van der Waals surface area contributed by atoms with Crippen molar-refractivity contribution >= 4 is 9.84 Å². The standard InChI is InChI=1S/C16H26N2O2S/c1-16(2)13-17-15(11-14-7-5-4-6-8-14)12-18(16)9-10-21(3,19)20/h4-8,15,17H,9-13H2,1-3H3. The highest BCUT2D eigenvalue weighted by molar-refractivity contribution is 7.90. The number of piperazine rings is 1. The molecule has 1 saturated heterocycles. The first-order valence-corrected chi connectivity index (χ1v) is 9.52. The highest BCUT2D eigenvalue weighted by Gasteiger charge is 2.33. The summed E-state index contributed by atoms with van der Waals surface area (Å²) in [5, 5.41) is 3.59. The Morgan fingerprint density at radius 3 is 2.57 bits per heavy atom. The summed E-state index contributed by atoms with van der Waals surface area (Å²) >= 11 is 0. The SMILES string of the molecule is CC1(C)CNC(Cc2ccccc2)CN1CCS(C)(=O)=O. The Kier molecular flexibility index (Phi) is 5.07. The van der Waals surface area contributed by atoms with Crippen LogP contribution in [-0.4, -0.2) is 56.5 Å². The van der Waals surface area contributed by atoms with Crippen molar-refractivity contribution in [1.29, 1.82) is 0 Å². The fraction of sp³-hybridized carbons (Fsp3) is 0.625. The predicted octanol–water partition coefficient (Wildman–Crippen LogP) is 1.33. The molecule has 1 fully saturated rings. The Bertz CT molecular complexity index is 555. The van der Waals surface area contributed by atoms with E-state index < -0.39 is 9.84 Å². The van der Waals surface area contributed by atoms with E-state index in [0.717, 1.165) is 19.5 Å². The maximum Gasteiger partial charge on any atom is 0.148 e. The second kappa shape index (κ2) is 6.46. The molecule has 5 heteroatoms. The minimum absolute atomic E-state index is 0.00211. The third-order valence-corrected chi connectivity index (χ3v) is 5.10. The van der Waals surface area contributed by atoms with Crippen LogP contribution in [0.3, 0.4) is 0 Å². The van der Waals surface area contributed by atoms with E-state index in [4.69, 9.17) is 0 Å². The van der Waals surface area contributed by atoms with Crippen molar-refractivity contribution in [3.8, 4) is 0 Å². The van der Waals surface area contributed by atoms with Gasteiger partial charge < -0.3 is 5.32 Å². The zero-order chi connectivity index (χ0) is 15.5. The van der Waals surface area contributed by atoms with Crippen LogP contribution in [0.1, 0.15) is 19.4 Å². The summed E-state index contributed by atoms with van der Waals surface area (Å²) in [6, 6.07) is 10.8. The summed E-state index contributed by atoms with van der Waals surface area (Å²) in [6.07, 6.45) is 2.29. The van der Waals surface area contributed by atoms with E-state index in [1.165, 1.54) is 11.8 Å². The molecule has 21 heavy (non-hydrogen) atoms. The van der Waals surface area contributed by atoms with Crippen LogP contribution in [0, 0.1) is 0 Å². The van der Waals surface area contributed by atoms with E-state index in [2.05, 4.69) is 48.3 Å². The Hall–Kier alpha value is -0.910. The lowest BCUT2D eigenvalue weighted by molar-refractivity contribution is 0.0726. The van der Waals surface area contributed by atoms with Gasteiger partial charge in [0.15, 0.2) is 0 Å². The van der Waals surface area contributed by atoms with Gasteiger partial charge in [0.1, 0.15) is 9.84 Å². The minimum Gasteiger partial charge on any atom is -0.311 e. The summed E-state index contributed by atoms with van der Waals surface area (Å²) in [7, 11) is -2.91. The largest absolute Gasteiger partial charge is 0.311 e. The lowest BCUT2D eigenvalue weighted by atomic mass is 9.95. The van der Waals surface area contributed by atoms with Crippen molar-refractivity contribution in [2.75, 3.05) is 31.6 Å². The van der Waals surface area contributed by atoms with E-state index in [0.29, 0.717) is 12.6 Å². The molecule has 4 nitrogen and oxygen atoms in total.